The van der Waals surface area contributed by atoms with Crippen molar-refractivity contribution in [3.8, 4) is 0 Å². The second kappa shape index (κ2) is 8.35. The molecule has 1 aromatic rings. The molecular formula is C18H27FN2O4S. The molecular weight excluding hydrogens is 359 g/mol. The molecule has 8 heteroatoms. The van der Waals surface area contributed by atoms with E-state index in [2.05, 4.69) is 5.32 Å². The van der Waals surface area contributed by atoms with E-state index in [9.17, 15) is 17.6 Å². The summed E-state index contributed by atoms with van der Waals surface area (Å²) in [7, 11) is -3.56. The predicted molar refractivity (Wildman–Crippen MR) is 97.6 cm³/mol. The van der Waals surface area contributed by atoms with Crippen molar-refractivity contribution in [1.82, 2.24) is 9.62 Å². The minimum Gasteiger partial charge on any atom is -0.444 e. The molecule has 1 heterocycles. The molecule has 0 bridgehead atoms. The average Bonchev–Trinajstić information content (AvgIpc) is 2.53. The summed E-state index contributed by atoms with van der Waals surface area (Å²) in [5.74, 6) is -0.584. The van der Waals surface area contributed by atoms with E-state index in [4.69, 9.17) is 4.74 Å². The molecule has 6 nitrogen and oxygen atoms in total. The number of alkyl carbamates (subject to hydrolysis) is 1. The summed E-state index contributed by atoms with van der Waals surface area (Å²) in [6.07, 6.45) is 1.81. The van der Waals surface area contributed by atoms with Crippen molar-refractivity contribution in [2.24, 2.45) is 0 Å². The molecule has 0 radical (unpaired) electrons. The predicted octanol–water partition coefficient (Wildman–Crippen LogP) is 3.03. The van der Waals surface area contributed by atoms with Gasteiger partial charge < -0.3 is 10.1 Å². The first-order chi connectivity index (χ1) is 12.1. The first kappa shape index (κ1) is 20.6. The van der Waals surface area contributed by atoms with Gasteiger partial charge in [-0.05, 0) is 51.3 Å². The van der Waals surface area contributed by atoms with Gasteiger partial charge in [-0.15, -0.1) is 0 Å². The number of amides is 1. The highest BCUT2D eigenvalue weighted by molar-refractivity contribution is 7.88. The molecule has 2 rings (SSSR count). The van der Waals surface area contributed by atoms with Crippen molar-refractivity contribution in [3.63, 3.8) is 0 Å². The van der Waals surface area contributed by atoms with Gasteiger partial charge >= 0.3 is 6.09 Å². The fraction of sp³-hybridized carbons (Fsp3) is 0.611. The van der Waals surface area contributed by atoms with Gasteiger partial charge in [0.2, 0.25) is 10.0 Å². The summed E-state index contributed by atoms with van der Waals surface area (Å²) in [4.78, 5) is 11.8. The third-order valence-electron chi connectivity index (χ3n) is 4.07. The fourth-order valence-electron chi connectivity index (χ4n) is 2.93. The Kier molecular flexibility index (Phi) is 6.63. The Balaban J connectivity index is 2.02. The van der Waals surface area contributed by atoms with Crippen LogP contribution < -0.4 is 5.32 Å². The number of hydrogen-bond donors (Lipinski definition) is 1. The molecule has 26 heavy (non-hydrogen) atoms. The lowest BCUT2D eigenvalue weighted by Crippen LogP contribution is -2.50. The molecule has 1 amide bonds. The molecule has 0 spiro atoms. The maximum Gasteiger partial charge on any atom is 0.407 e. The van der Waals surface area contributed by atoms with Gasteiger partial charge in [-0.25, -0.2) is 17.6 Å². The number of hydrogen-bond acceptors (Lipinski definition) is 4. The number of halogens is 1. The van der Waals surface area contributed by atoms with Crippen LogP contribution in [0, 0.1) is 5.82 Å². The van der Waals surface area contributed by atoms with Gasteiger partial charge in [-0.3, -0.25) is 0 Å². The smallest absolute Gasteiger partial charge is 0.407 e. The molecule has 1 aromatic carbocycles. The van der Waals surface area contributed by atoms with Crippen LogP contribution in [0.3, 0.4) is 0 Å². The van der Waals surface area contributed by atoms with Crippen LogP contribution in [0.1, 0.15) is 45.6 Å². The largest absolute Gasteiger partial charge is 0.444 e. The lowest BCUT2D eigenvalue weighted by molar-refractivity contribution is 0.0512. The van der Waals surface area contributed by atoms with Crippen molar-refractivity contribution in [3.05, 3.63) is 35.6 Å². The number of nitrogens with zero attached hydrogens (tertiary/aromatic N) is 1. The summed E-state index contributed by atoms with van der Waals surface area (Å²) in [5.41, 5.74) is -0.0684. The number of rotatable bonds is 5. The van der Waals surface area contributed by atoms with Crippen LogP contribution >= 0.6 is 0 Å². The summed E-state index contributed by atoms with van der Waals surface area (Å²) in [6, 6.07) is 5.16. The van der Waals surface area contributed by atoms with Crippen LogP contribution in [0.5, 0.6) is 0 Å². The standard InChI is InChI=1S/C18H27FN2O4S/c1-18(2,3)25-17(22)20-12-16-6-4-5-11-21(16)26(23,24)13-14-7-9-15(19)10-8-14/h7-10,16H,4-6,11-13H2,1-3H3,(H,20,22)/t16-/m0/s1. The fourth-order valence-corrected chi connectivity index (χ4v) is 4.75. The number of carbonyl (C=O) groups is 1. The molecule has 1 aliphatic rings. The van der Waals surface area contributed by atoms with Crippen molar-refractivity contribution < 1.29 is 22.3 Å². The zero-order valence-electron chi connectivity index (χ0n) is 15.5. The van der Waals surface area contributed by atoms with E-state index in [1.165, 1.54) is 28.6 Å². The highest BCUT2D eigenvalue weighted by atomic mass is 32.2. The molecule has 1 N–H and O–H groups in total. The molecule has 1 saturated heterocycles. The normalized spacial score (nSPS) is 19.2. The lowest BCUT2D eigenvalue weighted by Gasteiger charge is -2.35. The topological polar surface area (TPSA) is 75.7 Å². The quantitative estimate of drug-likeness (QED) is 0.844. The van der Waals surface area contributed by atoms with Crippen LogP contribution in [-0.4, -0.2) is 43.5 Å². The molecule has 1 fully saturated rings. The van der Waals surface area contributed by atoms with E-state index in [1.807, 2.05) is 0 Å². The molecule has 0 saturated carbocycles. The van der Waals surface area contributed by atoms with Gasteiger partial charge in [-0.1, -0.05) is 18.6 Å². The van der Waals surface area contributed by atoms with Crippen LogP contribution in [0.25, 0.3) is 0 Å². The van der Waals surface area contributed by atoms with E-state index in [-0.39, 0.29) is 18.3 Å². The van der Waals surface area contributed by atoms with Gasteiger partial charge in [0.05, 0.1) is 5.75 Å². The first-order valence-electron chi connectivity index (χ1n) is 8.78. The van der Waals surface area contributed by atoms with E-state index in [1.54, 1.807) is 20.8 Å². The molecule has 0 unspecified atom stereocenters. The Morgan fingerprint density at radius 2 is 1.92 bits per heavy atom. The number of carbonyl (C=O) groups excluding carboxylic acids is 1. The zero-order chi connectivity index (χ0) is 19.4. The van der Waals surface area contributed by atoms with Gasteiger partial charge in [0, 0.05) is 19.1 Å². The summed E-state index contributed by atoms with van der Waals surface area (Å²) >= 11 is 0. The van der Waals surface area contributed by atoms with Gasteiger partial charge in [-0.2, -0.15) is 4.31 Å². The van der Waals surface area contributed by atoms with Crippen LogP contribution in [0.2, 0.25) is 0 Å². The second-order valence-corrected chi connectivity index (χ2v) is 9.45. The lowest BCUT2D eigenvalue weighted by atomic mass is 10.1. The Hall–Kier alpha value is -1.67. The Labute approximate surface area is 154 Å². The highest BCUT2D eigenvalue weighted by Gasteiger charge is 2.32. The Bertz CT molecular complexity index is 714. The molecule has 0 aliphatic carbocycles. The summed E-state index contributed by atoms with van der Waals surface area (Å²) in [5, 5.41) is 2.67. The third kappa shape index (κ3) is 6.25. The average molecular weight is 386 g/mol. The van der Waals surface area contributed by atoms with Gasteiger partial charge in [0.15, 0.2) is 0 Å². The SMILES string of the molecule is CC(C)(C)OC(=O)NC[C@@H]1CCCCN1S(=O)(=O)Cc1ccc(F)cc1. The highest BCUT2D eigenvalue weighted by Crippen LogP contribution is 2.23. The summed E-state index contributed by atoms with van der Waals surface area (Å²) < 4.78 is 45.3. The van der Waals surface area contributed by atoms with E-state index < -0.39 is 27.5 Å². The summed E-state index contributed by atoms with van der Waals surface area (Å²) in [6.45, 7) is 5.94. The molecule has 0 aromatic heterocycles. The number of benzene rings is 1. The van der Waals surface area contributed by atoms with Crippen LogP contribution in [0.15, 0.2) is 24.3 Å². The number of sulfonamides is 1. The van der Waals surface area contributed by atoms with E-state index in [0.717, 1.165) is 12.8 Å². The Morgan fingerprint density at radius 3 is 2.54 bits per heavy atom. The third-order valence-corrected chi connectivity index (χ3v) is 5.97. The number of nitrogens with one attached hydrogen (secondary N) is 1. The Morgan fingerprint density at radius 1 is 1.27 bits per heavy atom. The van der Waals surface area contributed by atoms with Crippen LogP contribution in [-0.2, 0) is 20.5 Å². The van der Waals surface area contributed by atoms with Crippen molar-refractivity contribution in [1.29, 1.82) is 0 Å². The van der Waals surface area contributed by atoms with Crippen molar-refractivity contribution >= 4 is 16.1 Å². The van der Waals surface area contributed by atoms with Gasteiger partial charge in [0.25, 0.3) is 0 Å². The molecule has 1 atom stereocenters. The molecule has 1 aliphatic heterocycles. The zero-order valence-corrected chi connectivity index (χ0v) is 16.3. The maximum absolute atomic E-state index is 13.0. The minimum absolute atomic E-state index is 0.184. The monoisotopic (exact) mass is 386 g/mol. The van der Waals surface area contributed by atoms with Gasteiger partial charge in [0.1, 0.15) is 11.4 Å². The van der Waals surface area contributed by atoms with Crippen molar-refractivity contribution in [2.45, 2.75) is 57.4 Å². The minimum atomic E-state index is -3.56. The maximum atomic E-state index is 13.0. The van der Waals surface area contributed by atoms with Crippen LogP contribution in [0.4, 0.5) is 9.18 Å². The van der Waals surface area contributed by atoms with Crippen molar-refractivity contribution in [2.75, 3.05) is 13.1 Å². The number of piperidine rings is 1. The second-order valence-electron chi connectivity index (χ2n) is 7.53. The van der Waals surface area contributed by atoms with E-state index in [0.29, 0.717) is 18.5 Å². The first-order valence-corrected chi connectivity index (χ1v) is 10.4. The van der Waals surface area contributed by atoms with E-state index >= 15 is 0 Å². The molecule has 146 valence electrons. The number of ether oxygens (including phenoxy) is 1.